The summed E-state index contributed by atoms with van der Waals surface area (Å²) in [6.07, 6.45) is 3.52. The minimum absolute atomic E-state index is 0.810. The minimum Gasteiger partial charge on any atom is -0.101 e. The van der Waals surface area contributed by atoms with Crippen LogP contribution in [-0.2, 0) is 0 Å². The highest BCUT2D eigenvalue weighted by molar-refractivity contribution is 9.11. The highest BCUT2D eigenvalue weighted by Gasteiger charge is 1.83. The van der Waals surface area contributed by atoms with Crippen LogP contribution in [0.2, 0.25) is 0 Å². The average Bonchev–Trinajstić information content (AvgIpc) is 1.86. The summed E-state index contributed by atoms with van der Waals surface area (Å²) in [6.45, 7) is 9.04. The molecule has 0 radical (unpaired) electrons. The number of allylic oxidation sites excluding steroid dienone is 4. The molecule has 0 aliphatic carbocycles. The smallest absolute Gasteiger partial charge is 0.0250 e. The fourth-order valence-electron chi connectivity index (χ4n) is 0.459. The van der Waals surface area contributed by atoms with Gasteiger partial charge in [0.1, 0.15) is 0 Å². The zero-order valence-corrected chi connectivity index (χ0v) is 7.53. The molecule has 0 aliphatic rings. The van der Waals surface area contributed by atoms with Crippen LogP contribution >= 0.6 is 15.9 Å². The molecule has 0 fully saturated rings. The van der Waals surface area contributed by atoms with E-state index >= 15 is 0 Å². The molecule has 0 nitrogen and oxygen atoms in total. The van der Waals surface area contributed by atoms with Gasteiger partial charge < -0.3 is 0 Å². The van der Waals surface area contributed by atoms with E-state index in [2.05, 4.69) is 40.9 Å². The summed E-state index contributed by atoms with van der Waals surface area (Å²) in [7, 11) is 0. The van der Waals surface area contributed by atoms with Crippen molar-refractivity contribution in [1.29, 1.82) is 0 Å². The molecule has 10 heavy (non-hydrogen) atoms. The molecule has 0 unspecified atom stereocenters. The molecule has 0 aromatic carbocycles. The van der Waals surface area contributed by atoms with Crippen molar-refractivity contribution in [2.45, 2.75) is 6.92 Å². The van der Waals surface area contributed by atoms with Crippen LogP contribution in [0.1, 0.15) is 6.92 Å². The first-order valence-corrected chi connectivity index (χ1v) is 3.61. The molecule has 0 atom stereocenters. The summed E-state index contributed by atoms with van der Waals surface area (Å²) in [4.78, 5) is 0. The second kappa shape index (κ2) is 5.08. The highest BCUT2D eigenvalue weighted by atomic mass is 79.9. The zero-order valence-electron chi connectivity index (χ0n) is 5.95. The average molecular weight is 197 g/mol. The molecule has 0 saturated heterocycles. The molecule has 0 saturated carbocycles. The van der Waals surface area contributed by atoms with Crippen LogP contribution < -0.4 is 0 Å². The van der Waals surface area contributed by atoms with E-state index in [1.807, 2.05) is 6.08 Å². The molecular weight excluding hydrogens is 188 g/mol. The lowest BCUT2D eigenvalue weighted by molar-refractivity contribution is 1.76. The SMILES string of the molecule is C=C/C(C#CC)=C\C(=C)Br. The molecule has 0 bridgehead atoms. The molecule has 0 amide bonds. The van der Waals surface area contributed by atoms with Crippen molar-refractivity contribution < 1.29 is 0 Å². The minimum atomic E-state index is 0.810. The van der Waals surface area contributed by atoms with Crippen molar-refractivity contribution in [3.05, 3.63) is 35.4 Å². The van der Waals surface area contributed by atoms with Crippen molar-refractivity contribution in [1.82, 2.24) is 0 Å². The van der Waals surface area contributed by atoms with E-state index in [0.717, 1.165) is 10.1 Å². The van der Waals surface area contributed by atoms with E-state index in [9.17, 15) is 0 Å². The first kappa shape index (κ1) is 9.26. The number of hydrogen-bond acceptors (Lipinski definition) is 0. The molecule has 0 aromatic heterocycles. The Bertz CT molecular complexity index is 223. The molecule has 1 heteroatoms. The third kappa shape index (κ3) is 4.17. The van der Waals surface area contributed by atoms with Crippen LogP contribution in [-0.4, -0.2) is 0 Å². The van der Waals surface area contributed by atoms with Gasteiger partial charge in [-0.05, 0) is 13.0 Å². The number of halogens is 1. The summed E-state index contributed by atoms with van der Waals surface area (Å²) >= 11 is 3.20. The van der Waals surface area contributed by atoms with E-state index < -0.39 is 0 Å². The highest BCUT2D eigenvalue weighted by Crippen LogP contribution is 2.06. The Balaban J connectivity index is 4.43. The van der Waals surface area contributed by atoms with Gasteiger partial charge >= 0.3 is 0 Å². The summed E-state index contributed by atoms with van der Waals surface area (Å²) < 4.78 is 0.810. The zero-order chi connectivity index (χ0) is 7.98. The second-order valence-corrected chi connectivity index (χ2v) is 2.64. The van der Waals surface area contributed by atoms with Gasteiger partial charge in [0.15, 0.2) is 0 Å². The van der Waals surface area contributed by atoms with Crippen molar-refractivity contribution in [3.8, 4) is 11.8 Å². The molecule has 0 heterocycles. The summed E-state index contributed by atoms with van der Waals surface area (Å²) in [5.74, 6) is 5.64. The lowest BCUT2D eigenvalue weighted by atomic mass is 10.2. The third-order valence-electron chi connectivity index (χ3n) is 0.801. The monoisotopic (exact) mass is 196 g/mol. The standard InChI is InChI=1S/C9H9Br/c1-4-6-9(5-2)7-8(3)10/h5,7H,2-3H2,1H3/b9-7+. The van der Waals surface area contributed by atoms with Gasteiger partial charge in [0.2, 0.25) is 0 Å². The molecule has 0 aliphatic heterocycles. The number of hydrogen-bond donors (Lipinski definition) is 0. The largest absolute Gasteiger partial charge is 0.101 e. The van der Waals surface area contributed by atoms with Gasteiger partial charge in [-0.3, -0.25) is 0 Å². The molecule has 0 spiro atoms. The van der Waals surface area contributed by atoms with Crippen molar-refractivity contribution >= 4 is 15.9 Å². The van der Waals surface area contributed by atoms with E-state index in [1.165, 1.54) is 0 Å². The Morgan fingerprint density at radius 3 is 2.50 bits per heavy atom. The third-order valence-corrected chi connectivity index (χ3v) is 1.03. The lowest BCUT2D eigenvalue weighted by Crippen LogP contribution is -1.69. The predicted octanol–water partition coefficient (Wildman–Crippen LogP) is 3.03. The molecule has 52 valence electrons. The first-order valence-electron chi connectivity index (χ1n) is 2.82. The molecule has 0 rings (SSSR count). The van der Waals surface area contributed by atoms with Gasteiger partial charge in [-0.15, -0.1) is 5.92 Å². The van der Waals surface area contributed by atoms with Gasteiger partial charge in [-0.2, -0.15) is 0 Å². The van der Waals surface area contributed by atoms with E-state index in [0.29, 0.717) is 0 Å². The lowest BCUT2D eigenvalue weighted by Gasteiger charge is -1.86. The van der Waals surface area contributed by atoms with Crippen LogP contribution in [0.3, 0.4) is 0 Å². The van der Waals surface area contributed by atoms with E-state index in [1.54, 1.807) is 13.0 Å². The van der Waals surface area contributed by atoms with Crippen LogP contribution in [0, 0.1) is 11.8 Å². The molecule has 0 N–H and O–H groups in total. The van der Waals surface area contributed by atoms with E-state index in [4.69, 9.17) is 0 Å². The van der Waals surface area contributed by atoms with E-state index in [-0.39, 0.29) is 0 Å². The normalized spacial score (nSPS) is 9.60. The summed E-state index contributed by atoms with van der Waals surface area (Å²) in [5, 5.41) is 0. The Labute approximate surface area is 70.5 Å². The topological polar surface area (TPSA) is 0 Å². The Kier molecular flexibility index (Phi) is 4.70. The second-order valence-electron chi connectivity index (χ2n) is 1.63. The van der Waals surface area contributed by atoms with Crippen LogP contribution in [0.15, 0.2) is 35.4 Å². The Hall–Kier alpha value is -0.740. The maximum absolute atomic E-state index is 3.65. The first-order chi connectivity index (χ1) is 4.70. The molecule has 0 aromatic rings. The molecular formula is C9H9Br. The fourth-order valence-corrected chi connectivity index (χ4v) is 0.706. The van der Waals surface area contributed by atoms with Crippen molar-refractivity contribution in [2.24, 2.45) is 0 Å². The van der Waals surface area contributed by atoms with Gasteiger partial charge in [0.25, 0.3) is 0 Å². The van der Waals surface area contributed by atoms with Gasteiger partial charge in [-0.1, -0.05) is 41.1 Å². The Morgan fingerprint density at radius 1 is 1.60 bits per heavy atom. The van der Waals surface area contributed by atoms with Crippen LogP contribution in [0.4, 0.5) is 0 Å². The van der Waals surface area contributed by atoms with Crippen molar-refractivity contribution in [3.63, 3.8) is 0 Å². The van der Waals surface area contributed by atoms with Gasteiger partial charge in [0.05, 0.1) is 0 Å². The van der Waals surface area contributed by atoms with Crippen molar-refractivity contribution in [2.75, 3.05) is 0 Å². The maximum Gasteiger partial charge on any atom is 0.0250 e. The van der Waals surface area contributed by atoms with Gasteiger partial charge in [0, 0.05) is 10.1 Å². The van der Waals surface area contributed by atoms with Crippen LogP contribution in [0.5, 0.6) is 0 Å². The van der Waals surface area contributed by atoms with Gasteiger partial charge in [-0.25, -0.2) is 0 Å². The quantitative estimate of drug-likeness (QED) is 0.471. The number of rotatable bonds is 2. The fraction of sp³-hybridized carbons (Fsp3) is 0.111. The van der Waals surface area contributed by atoms with Crippen LogP contribution in [0.25, 0.3) is 0 Å². The summed E-state index contributed by atoms with van der Waals surface area (Å²) in [6, 6.07) is 0. The Morgan fingerprint density at radius 2 is 2.20 bits per heavy atom. The summed E-state index contributed by atoms with van der Waals surface area (Å²) in [5.41, 5.74) is 0.879. The maximum atomic E-state index is 3.65. The predicted molar refractivity (Wildman–Crippen MR) is 49.8 cm³/mol.